The number of nitrogens with one attached hydrogen (secondary N) is 1. The molecule has 108 valence electrons. The molecular formula is C16H15ClN2O2. The van der Waals surface area contributed by atoms with Crippen LogP contribution in [0.5, 0.6) is 5.75 Å². The van der Waals surface area contributed by atoms with Crippen LogP contribution < -0.4 is 5.43 Å². The Kier molecular flexibility index (Phi) is 4.60. The van der Waals surface area contributed by atoms with Crippen molar-refractivity contribution in [3.63, 3.8) is 0 Å². The Hall–Kier alpha value is -2.33. The maximum absolute atomic E-state index is 12.0. The van der Waals surface area contributed by atoms with E-state index in [1.165, 1.54) is 6.07 Å². The van der Waals surface area contributed by atoms with Gasteiger partial charge in [0.15, 0.2) is 0 Å². The lowest BCUT2D eigenvalue weighted by molar-refractivity contribution is 0.0954. The lowest BCUT2D eigenvalue weighted by Gasteiger charge is -2.06. The molecule has 0 heterocycles. The summed E-state index contributed by atoms with van der Waals surface area (Å²) in [6.07, 6.45) is 0. The molecule has 0 aliphatic carbocycles. The number of carbonyl (C=O) groups excluding carboxylic acids is 1. The van der Waals surface area contributed by atoms with Gasteiger partial charge in [-0.05, 0) is 44.2 Å². The molecular weight excluding hydrogens is 288 g/mol. The predicted octanol–water partition coefficient (Wildman–Crippen LogP) is 3.51. The molecule has 0 aromatic heterocycles. The first-order chi connectivity index (χ1) is 9.97. The Labute approximate surface area is 128 Å². The summed E-state index contributed by atoms with van der Waals surface area (Å²) < 4.78 is 0. The molecule has 2 N–H and O–H groups in total. The van der Waals surface area contributed by atoms with E-state index in [-0.39, 0.29) is 11.7 Å². The van der Waals surface area contributed by atoms with Crippen LogP contribution in [0.4, 0.5) is 0 Å². The highest BCUT2D eigenvalue weighted by Crippen LogP contribution is 2.22. The van der Waals surface area contributed by atoms with E-state index in [0.717, 1.165) is 5.56 Å². The SMILES string of the molecule is C/C(=N\NC(=O)c1cccc(C)c1)c1ccc(Cl)cc1O. The molecule has 0 bridgehead atoms. The van der Waals surface area contributed by atoms with Crippen LogP contribution in [0.1, 0.15) is 28.4 Å². The zero-order valence-electron chi connectivity index (χ0n) is 11.7. The first kappa shape index (κ1) is 15.1. The molecule has 0 saturated carbocycles. The third-order valence-corrected chi connectivity index (χ3v) is 3.19. The smallest absolute Gasteiger partial charge is 0.271 e. The molecule has 0 fully saturated rings. The van der Waals surface area contributed by atoms with Gasteiger partial charge in [-0.15, -0.1) is 0 Å². The first-order valence-corrected chi connectivity index (χ1v) is 6.75. The fourth-order valence-corrected chi connectivity index (χ4v) is 2.02. The Bertz CT molecular complexity index is 711. The number of phenols is 1. The van der Waals surface area contributed by atoms with E-state index in [2.05, 4.69) is 10.5 Å². The van der Waals surface area contributed by atoms with Crippen LogP contribution in [0.3, 0.4) is 0 Å². The molecule has 0 atom stereocenters. The highest BCUT2D eigenvalue weighted by Gasteiger charge is 2.07. The second-order valence-corrected chi connectivity index (χ2v) is 5.11. The number of amides is 1. The summed E-state index contributed by atoms with van der Waals surface area (Å²) in [5, 5.41) is 14.2. The van der Waals surface area contributed by atoms with Gasteiger partial charge in [0.25, 0.3) is 5.91 Å². The van der Waals surface area contributed by atoms with E-state index in [1.54, 1.807) is 31.2 Å². The fraction of sp³-hybridized carbons (Fsp3) is 0.125. The fourth-order valence-electron chi connectivity index (χ4n) is 1.86. The average molecular weight is 303 g/mol. The predicted molar refractivity (Wildman–Crippen MR) is 84.0 cm³/mol. The number of phenolic OH excluding ortho intramolecular Hbond substituents is 1. The van der Waals surface area contributed by atoms with Gasteiger partial charge < -0.3 is 5.11 Å². The Morgan fingerprint density at radius 3 is 2.67 bits per heavy atom. The van der Waals surface area contributed by atoms with E-state index < -0.39 is 0 Å². The molecule has 1 amide bonds. The van der Waals surface area contributed by atoms with E-state index in [9.17, 15) is 9.90 Å². The molecule has 2 aromatic rings. The van der Waals surface area contributed by atoms with Gasteiger partial charge in [-0.3, -0.25) is 4.79 Å². The van der Waals surface area contributed by atoms with Crippen molar-refractivity contribution in [1.82, 2.24) is 5.43 Å². The number of aromatic hydroxyl groups is 1. The molecule has 0 saturated heterocycles. The molecule has 0 unspecified atom stereocenters. The zero-order valence-corrected chi connectivity index (χ0v) is 12.5. The molecule has 0 spiro atoms. The third-order valence-electron chi connectivity index (χ3n) is 2.95. The summed E-state index contributed by atoms with van der Waals surface area (Å²) >= 11 is 5.77. The molecule has 4 nitrogen and oxygen atoms in total. The summed E-state index contributed by atoms with van der Waals surface area (Å²) in [5.74, 6) is -0.278. The Balaban J connectivity index is 2.15. The van der Waals surface area contributed by atoms with Crippen LogP contribution in [0, 0.1) is 6.92 Å². The highest BCUT2D eigenvalue weighted by molar-refractivity contribution is 6.30. The average Bonchev–Trinajstić information content (AvgIpc) is 2.44. The summed E-state index contributed by atoms with van der Waals surface area (Å²) in [5.41, 5.74) is 5.01. The Morgan fingerprint density at radius 2 is 2.00 bits per heavy atom. The van der Waals surface area contributed by atoms with Crippen molar-refractivity contribution in [3.05, 3.63) is 64.2 Å². The topological polar surface area (TPSA) is 61.7 Å². The van der Waals surface area contributed by atoms with E-state index >= 15 is 0 Å². The van der Waals surface area contributed by atoms with Crippen LogP contribution in [-0.4, -0.2) is 16.7 Å². The number of hydrogen-bond donors (Lipinski definition) is 2. The van der Waals surface area contributed by atoms with Gasteiger partial charge in [-0.1, -0.05) is 29.3 Å². The lowest BCUT2D eigenvalue weighted by Crippen LogP contribution is -2.19. The van der Waals surface area contributed by atoms with Gasteiger partial charge in [0.05, 0.1) is 5.71 Å². The van der Waals surface area contributed by atoms with Crippen LogP contribution in [0.25, 0.3) is 0 Å². The summed E-state index contributed by atoms with van der Waals surface area (Å²) in [6.45, 7) is 3.61. The minimum Gasteiger partial charge on any atom is -0.507 e. The van der Waals surface area contributed by atoms with Gasteiger partial charge in [0, 0.05) is 16.1 Å². The van der Waals surface area contributed by atoms with Gasteiger partial charge in [0.2, 0.25) is 0 Å². The van der Waals surface area contributed by atoms with Gasteiger partial charge in [-0.25, -0.2) is 5.43 Å². The minimum absolute atomic E-state index is 0.0218. The highest BCUT2D eigenvalue weighted by atomic mass is 35.5. The maximum atomic E-state index is 12.0. The van der Waals surface area contributed by atoms with E-state index in [0.29, 0.717) is 21.9 Å². The standard InChI is InChI=1S/C16H15ClN2O2/c1-10-4-3-5-12(8-10)16(21)19-18-11(2)14-7-6-13(17)9-15(14)20/h3-9,20H,1-2H3,(H,19,21)/b18-11+. The van der Waals surface area contributed by atoms with Crippen molar-refractivity contribution in [2.75, 3.05) is 0 Å². The van der Waals surface area contributed by atoms with Crippen molar-refractivity contribution in [2.45, 2.75) is 13.8 Å². The molecule has 21 heavy (non-hydrogen) atoms. The van der Waals surface area contributed by atoms with E-state index in [4.69, 9.17) is 11.6 Å². The first-order valence-electron chi connectivity index (χ1n) is 6.37. The van der Waals surface area contributed by atoms with E-state index in [1.807, 2.05) is 19.1 Å². The normalized spacial score (nSPS) is 11.3. The molecule has 0 aliphatic rings. The number of nitrogens with zero attached hydrogens (tertiary/aromatic N) is 1. The maximum Gasteiger partial charge on any atom is 0.271 e. The van der Waals surface area contributed by atoms with Crippen molar-refractivity contribution >= 4 is 23.2 Å². The molecule has 5 heteroatoms. The number of carbonyl (C=O) groups is 1. The summed E-state index contributed by atoms with van der Waals surface area (Å²) in [7, 11) is 0. The van der Waals surface area contributed by atoms with Crippen LogP contribution >= 0.6 is 11.6 Å². The second kappa shape index (κ2) is 6.41. The van der Waals surface area contributed by atoms with Gasteiger partial charge in [0.1, 0.15) is 5.75 Å². The number of benzene rings is 2. The van der Waals surface area contributed by atoms with Gasteiger partial charge >= 0.3 is 0 Å². The second-order valence-electron chi connectivity index (χ2n) is 4.67. The molecule has 2 rings (SSSR count). The zero-order chi connectivity index (χ0) is 15.4. The largest absolute Gasteiger partial charge is 0.507 e. The minimum atomic E-state index is -0.300. The number of halogens is 1. The molecule has 0 aliphatic heterocycles. The monoisotopic (exact) mass is 302 g/mol. The van der Waals surface area contributed by atoms with Crippen LogP contribution in [-0.2, 0) is 0 Å². The van der Waals surface area contributed by atoms with Crippen molar-refractivity contribution in [1.29, 1.82) is 0 Å². The van der Waals surface area contributed by atoms with Crippen LogP contribution in [0.15, 0.2) is 47.6 Å². The van der Waals surface area contributed by atoms with Crippen molar-refractivity contribution in [2.24, 2.45) is 5.10 Å². The lowest BCUT2D eigenvalue weighted by atomic mass is 10.1. The number of hydrazone groups is 1. The summed E-state index contributed by atoms with van der Waals surface area (Å²) in [4.78, 5) is 12.0. The Morgan fingerprint density at radius 1 is 1.24 bits per heavy atom. The number of hydrogen-bond acceptors (Lipinski definition) is 3. The van der Waals surface area contributed by atoms with Crippen molar-refractivity contribution in [3.8, 4) is 5.75 Å². The molecule has 0 radical (unpaired) electrons. The summed E-state index contributed by atoms with van der Waals surface area (Å²) in [6, 6.07) is 11.9. The third kappa shape index (κ3) is 3.83. The molecule has 2 aromatic carbocycles. The van der Waals surface area contributed by atoms with Gasteiger partial charge in [-0.2, -0.15) is 5.10 Å². The quantitative estimate of drug-likeness (QED) is 0.673. The number of rotatable bonds is 3. The number of aryl methyl sites for hydroxylation is 1. The van der Waals surface area contributed by atoms with Crippen molar-refractivity contribution < 1.29 is 9.90 Å². The van der Waals surface area contributed by atoms with Crippen LogP contribution in [0.2, 0.25) is 5.02 Å².